The summed E-state index contributed by atoms with van der Waals surface area (Å²) in [6.07, 6.45) is -0.715. The van der Waals surface area contributed by atoms with Crippen LogP contribution in [0, 0.1) is 17.1 Å². The number of hydrogen-bond donors (Lipinski definition) is 2. The Bertz CT molecular complexity index is 966. The lowest BCUT2D eigenvalue weighted by atomic mass is 10.1. The van der Waals surface area contributed by atoms with E-state index in [-0.39, 0.29) is 24.8 Å². The van der Waals surface area contributed by atoms with Gasteiger partial charge in [0.2, 0.25) is 5.91 Å². The van der Waals surface area contributed by atoms with Gasteiger partial charge in [-0.2, -0.15) is 5.26 Å². The van der Waals surface area contributed by atoms with E-state index in [4.69, 9.17) is 10.00 Å². The molecule has 0 atom stereocenters. The van der Waals surface area contributed by atoms with Gasteiger partial charge in [0.15, 0.2) is 6.61 Å². The highest BCUT2D eigenvalue weighted by Crippen LogP contribution is 2.12. The second-order valence-electron chi connectivity index (χ2n) is 7.11. The zero-order chi connectivity index (χ0) is 22.9. The van der Waals surface area contributed by atoms with Crippen molar-refractivity contribution in [2.75, 3.05) is 11.9 Å². The summed E-state index contributed by atoms with van der Waals surface area (Å²) in [4.78, 5) is 35.8. The van der Waals surface area contributed by atoms with E-state index in [1.54, 1.807) is 42.5 Å². The maximum absolute atomic E-state index is 12.9. The molecule has 0 aromatic heterocycles. The van der Waals surface area contributed by atoms with Crippen LogP contribution in [-0.4, -0.2) is 30.1 Å². The zero-order valence-electron chi connectivity index (χ0n) is 17.1. The number of nitrogens with one attached hydrogen (secondary N) is 2. The quantitative estimate of drug-likeness (QED) is 0.625. The molecule has 0 heterocycles. The number of hydrogen-bond acceptors (Lipinski definition) is 6. The van der Waals surface area contributed by atoms with Crippen LogP contribution in [0.25, 0.3) is 0 Å². The van der Waals surface area contributed by atoms with Gasteiger partial charge in [0.25, 0.3) is 0 Å². The number of ether oxygens (including phenoxy) is 2. The number of esters is 1. The second-order valence-corrected chi connectivity index (χ2v) is 7.11. The van der Waals surface area contributed by atoms with E-state index >= 15 is 0 Å². The predicted octanol–water partition coefficient (Wildman–Crippen LogP) is 3.08. The maximum Gasteiger partial charge on any atom is 0.408 e. The molecule has 2 rings (SSSR count). The molecule has 8 nitrogen and oxygen atoms in total. The number of halogens is 1. The monoisotopic (exact) mass is 427 g/mol. The fourth-order valence-electron chi connectivity index (χ4n) is 2.45. The summed E-state index contributed by atoms with van der Waals surface area (Å²) in [5, 5.41) is 13.5. The van der Waals surface area contributed by atoms with Gasteiger partial charge in [-0.25, -0.2) is 14.0 Å². The van der Waals surface area contributed by atoms with E-state index in [1.165, 1.54) is 26.0 Å². The van der Waals surface area contributed by atoms with Crippen LogP contribution in [0.2, 0.25) is 0 Å². The third kappa shape index (κ3) is 7.78. The molecule has 9 heteroatoms. The largest absolute Gasteiger partial charge is 0.449 e. The van der Waals surface area contributed by atoms with Crippen molar-refractivity contribution < 1.29 is 28.2 Å². The first-order chi connectivity index (χ1) is 14.7. The number of anilines is 1. The third-order valence-corrected chi connectivity index (χ3v) is 4.08. The average Bonchev–Trinajstić information content (AvgIpc) is 2.72. The number of nitriles is 1. The first-order valence-corrected chi connectivity index (χ1v) is 9.32. The summed E-state index contributed by atoms with van der Waals surface area (Å²) in [6, 6.07) is 14.0. The molecule has 0 aliphatic heterocycles. The molecule has 2 N–H and O–H groups in total. The Balaban J connectivity index is 1.80. The van der Waals surface area contributed by atoms with E-state index in [0.717, 1.165) is 0 Å². The van der Waals surface area contributed by atoms with E-state index in [2.05, 4.69) is 15.4 Å². The van der Waals surface area contributed by atoms with Gasteiger partial charge >= 0.3 is 12.1 Å². The molecule has 2 amide bonds. The Hall–Kier alpha value is -3.93. The van der Waals surface area contributed by atoms with Crippen LogP contribution in [0.1, 0.15) is 25.0 Å². The van der Waals surface area contributed by atoms with Crippen molar-refractivity contribution in [3.05, 3.63) is 65.5 Å². The molecule has 0 aliphatic rings. The number of rotatable bonds is 8. The summed E-state index contributed by atoms with van der Waals surface area (Å²) in [7, 11) is 0. The van der Waals surface area contributed by atoms with Crippen LogP contribution in [0.3, 0.4) is 0 Å². The third-order valence-electron chi connectivity index (χ3n) is 4.08. The van der Waals surface area contributed by atoms with Crippen LogP contribution < -0.4 is 10.6 Å². The minimum absolute atomic E-state index is 0.0566. The normalized spacial score (nSPS) is 10.5. The molecule has 0 spiro atoms. The molecule has 162 valence electrons. The number of alkyl carbamates (subject to hydrolysis) is 1. The molecule has 2 aromatic rings. The molecule has 0 aliphatic carbocycles. The minimum Gasteiger partial charge on any atom is -0.449 e. The Kier molecular flexibility index (Phi) is 8.09. The van der Waals surface area contributed by atoms with Crippen molar-refractivity contribution in [3.63, 3.8) is 0 Å². The van der Waals surface area contributed by atoms with Crippen molar-refractivity contribution in [1.82, 2.24) is 5.32 Å². The molecule has 0 fully saturated rings. The van der Waals surface area contributed by atoms with Gasteiger partial charge in [-0.3, -0.25) is 4.79 Å². The van der Waals surface area contributed by atoms with Crippen LogP contribution in [0.4, 0.5) is 14.9 Å². The Morgan fingerprint density at radius 1 is 1.00 bits per heavy atom. The lowest BCUT2D eigenvalue weighted by molar-refractivity contribution is -0.148. The predicted molar refractivity (Wildman–Crippen MR) is 109 cm³/mol. The van der Waals surface area contributed by atoms with E-state index in [1.807, 2.05) is 0 Å². The zero-order valence-corrected chi connectivity index (χ0v) is 17.1. The summed E-state index contributed by atoms with van der Waals surface area (Å²) in [5.74, 6) is -1.37. The van der Waals surface area contributed by atoms with Crippen LogP contribution in [0.15, 0.2) is 48.5 Å². The molecule has 0 radical (unpaired) electrons. The fourth-order valence-corrected chi connectivity index (χ4v) is 2.45. The van der Waals surface area contributed by atoms with Crippen molar-refractivity contribution in [2.45, 2.75) is 32.4 Å². The second kappa shape index (κ2) is 10.7. The van der Waals surface area contributed by atoms with Gasteiger partial charge in [0.1, 0.15) is 24.0 Å². The topological polar surface area (TPSA) is 118 Å². The number of nitrogens with zero attached hydrogens (tertiary/aromatic N) is 1. The summed E-state index contributed by atoms with van der Waals surface area (Å²) < 4.78 is 22.7. The first kappa shape index (κ1) is 23.3. The maximum atomic E-state index is 12.9. The molecular weight excluding hydrogens is 405 g/mol. The number of amides is 2. The van der Waals surface area contributed by atoms with Gasteiger partial charge in [-0.1, -0.05) is 24.3 Å². The lowest BCUT2D eigenvalue weighted by Gasteiger charge is -2.22. The summed E-state index contributed by atoms with van der Waals surface area (Å²) >= 11 is 0. The highest BCUT2D eigenvalue weighted by molar-refractivity contribution is 5.92. The van der Waals surface area contributed by atoms with Crippen LogP contribution in [0.5, 0.6) is 0 Å². The molecule has 0 bridgehead atoms. The molecule has 31 heavy (non-hydrogen) atoms. The number of carbonyl (C=O) groups is 3. The molecule has 0 saturated carbocycles. The van der Waals surface area contributed by atoms with Gasteiger partial charge in [-0.05, 0) is 49.2 Å². The Morgan fingerprint density at radius 3 is 2.23 bits per heavy atom. The van der Waals surface area contributed by atoms with Gasteiger partial charge in [-0.15, -0.1) is 0 Å². The number of benzene rings is 2. The van der Waals surface area contributed by atoms with Crippen molar-refractivity contribution in [2.24, 2.45) is 0 Å². The van der Waals surface area contributed by atoms with Crippen molar-refractivity contribution >= 4 is 23.7 Å². The van der Waals surface area contributed by atoms with Crippen LogP contribution >= 0.6 is 0 Å². The molecular formula is C22H22FN3O5. The first-order valence-electron chi connectivity index (χ1n) is 9.32. The molecule has 0 unspecified atom stereocenters. The van der Waals surface area contributed by atoms with Crippen molar-refractivity contribution in [3.8, 4) is 6.07 Å². The standard InChI is InChI=1S/C22H22FN3O5/c1-22(2,20(28)30-12-11-24)26-21(29)31-14-16-5-9-18(10-6-16)25-19(27)13-15-3-7-17(23)8-4-15/h3-10H,12-14H2,1-2H3,(H,25,27)(H,26,29). The average molecular weight is 427 g/mol. The highest BCUT2D eigenvalue weighted by Gasteiger charge is 2.31. The summed E-state index contributed by atoms with van der Waals surface area (Å²) in [5.41, 5.74) is 0.555. The van der Waals surface area contributed by atoms with Gasteiger partial charge < -0.3 is 20.1 Å². The molecule has 2 aromatic carbocycles. The smallest absolute Gasteiger partial charge is 0.408 e. The number of carbonyl (C=O) groups excluding carboxylic acids is 3. The van der Waals surface area contributed by atoms with Crippen LogP contribution in [-0.2, 0) is 32.1 Å². The Labute approximate surface area is 179 Å². The fraction of sp³-hybridized carbons (Fsp3) is 0.273. The SMILES string of the molecule is CC(C)(NC(=O)OCc1ccc(NC(=O)Cc2ccc(F)cc2)cc1)C(=O)OCC#N. The molecule has 0 saturated heterocycles. The highest BCUT2D eigenvalue weighted by atomic mass is 19.1. The summed E-state index contributed by atoms with van der Waals surface area (Å²) in [6.45, 7) is 2.39. The minimum atomic E-state index is -1.35. The van der Waals surface area contributed by atoms with E-state index < -0.39 is 24.2 Å². The van der Waals surface area contributed by atoms with E-state index in [0.29, 0.717) is 16.8 Å². The van der Waals surface area contributed by atoms with E-state index in [9.17, 15) is 18.8 Å². The Morgan fingerprint density at radius 2 is 1.61 bits per heavy atom. The van der Waals surface area contributed by atoms with Gasteiger partial charge in [0.05, 0.1) is 6.42 Å². The van der Waals surface area contributed by atoms with Gasteiger partial charge in [0, 0.05) is 5.69 Å². The van der Waals surface area contributed by atoms with Crippen molar-refractivity contribution in [1.29, 1.82) is 5.26 Å². The lowest BCUT2D eigenvalue weighted by Crippen LogP contribution is -2.50.